The fourth-order valence-electron chi connectivity index (χ4n) is 3.60. The minimum atomic E-state index is -5.08. The Morgan fingerprint density at radius 3 is 1.97 bits per heavy atom. The monoisotopic (exact) mass is 570 g/mol. The highest BCUT2D eigenvalue weighted by Gasteiger charge is 2.38. The lowest BCUT2D eigenvalue weighted by Crippen LogP contribution is -2.46. The molecule has 1 aliphatic heterocycles. The van der Waals surface area contributed by atoms with Gasteiger partial charge in [0.1, 0.15) is 0 Å². The highest BCUT2D eigenvalue weighted by molar-refractivity contribution is 7.89. The van der Waals surface area contributed by atoms with Crippen LogP contribution in [-0.4, -0.2) is 69.0 Å². The maximum absolute atomic E-state index is 12.3. The molecule has 204 valence electrons. The third-order valence-corrected chi connectivity index (χ3v) is 6.98. The van der Waals surface area contributed by atoms with Crippen LogP contribution in [0.1, 0.15) is 4.88 Å². The van der Waals surface area contributed by atoms with Gasteiger partial charge in [0.05, 0.1) is 18.4 Å². The van der Waals surface area contributed by atoms with Gasteiger partial charge in [0.2, 0.25) is 15.9 Å². The first-order chi connectivity index (χ1) is 17.8. The van der Waals surface area contributed by atoms with E-state index in [9.17, 15) is 26.4 Å². The molecule has 2 N–H and O–H groups in total. The van der Waals surface area contributed by atoms with E-state index in [-0.39, 0.29) is 6.42 Å². The summed E-state index contributed by atoms with van der Waals surface area (Å²) in [6, 6.07) is 20.0. The van der Waals surface area contributed by atoms with E-state index in [1.807, 2.05) is 48.5 Å². The number of nitrogens with one attached hydrogen (secondary N) is 1. The number of hydrogen-bond donors (Lipinski definition) is 2. The van der Waals surface area contributed by atoms with Crippen LogP contribution in [0.4, 0.5) is 24.0 Å². The molecule has 0 bridgehead atoms. The first-order valence-corrected chi connectivity index (χ1v) is 13.9. The summed E-state index contributed by atoms with van der Waals surface area (Å²) >= 11 is 1.45. The number of carbonyl (C=O) groups excluding carboxylic acids is 1. The second-order valence-corrected chi connectivity index (χ2v) is 11.0. The fraction of sp³-hybridized carbons (Fsp3) is 0.292. The van der Waals surface area contributed by atoms with Crippen LogP contribution in [-0.2, 0) is 26.0 Å². The van der Waals surface area contributed by atoms with Crippen LogP contribution in [0.5, 0.6) is 0 Å². The van der Waals surface area contributed by atoms with Crippen LogP contribution in [0.2, 0.25) is 0 Å². The predicted octanol–water partition coefficient (Wildman–Crippen LogP) is 3.39. The summed E-state index contributed by atoms with van der Waals surface area (Å²) in [5.74, 6) is -3.31. The maximum Gasteiger partial charge on any atom is 0.490 e. The van der Waals surface area contributed by atoms with Crippen molar-refractivity contribution in [1.29, 1.82) is 0 Å². The number of carbonyl (C=O) groups is 2. The molecule has 4 rings (SSSR count). The van der Waals surface area contributed by atoms with Gasteiger partial charge >= 0.3 is 12.1 Å². The number of sulfonamides is 1. The quantitative estimate of drug-likeness (QED) is 0.463. The number of aromatic nitrogens is 1. The van der Waals surface area contributed by atoms with Crippen LogP contribution < -0.4 is 14.5 Å². The lowest BCUT2D eigenvalue weighted by atomic mass is 10.1. The number of aliphatic carboxylic acids is 1. The summed E-state index contributed by atoms with van der Waals surface area (Å²) in [4.78, 5) is 31.3. The average Bonchev–Trinajstić information content (AvgIpc) is 3.27. The zero-order valence-corrected chi connectivity index (χ0v) is 21.8. The number of hydrogen-bond acceptors (Lipinski definition) is 8. The van der Waals surface area contributed by atoms with Gasteiger partial charge in [-0.2, -0.15) is 13.2 Å². The van der Waals surface area contributed by atoms with Crippen molar-refractivity contribution in [2.75, 3.05) is 42.2 Å². The zero-order valence-electron chi connectivity index (χ0n) is 20.2. The summed E-state index contributed by atoms with van der Waals surface area (Å²) < 4.78 is 56.6. The van der Waals surface area contributed by atoms with Crippen LogP contribution in [0.3, 0.4) is 0 Å². The van der Waals surface area contributed by atoms with Gasteiger partial charge in [0.25, 0.3) is 0 Å². The molecule has 1 aromatic heterocycles. The van der Waals surface area contributed by atoms with E-state index in [2.05, 4.69) is 26.7 Å². The number of para-hydroxylation sites is 1. The number of benzene rings is 2. The molecule has 1 saturated heterocycles. The Morgan fingerprint density at radius 2 is 1.47 bits per heavy atom. The Bertz CT molecular complexity index is 1340. The van der Waals surface area contributed by atoms with Crippen molar-refractivity contribution < 1.29 is 36.3 Å². The molecule has 0 radical (unpaired) electrons. The van der Waals surface area contributed by atoms with Crippen molar-refractivity contribution in [2.45, 2.75) is 12.6 Å². The van der Waals surface area contributed by atoms with Gasteiger partial charge in [-0.1, -0.05) is 48.5 Å². The van der Waals surface area contributed by atoms with Crippen LogP contribution in [0.25, 0.3) is 11.3 Å². The number of thiazole rings is 1. The number of halogens is 3. The average molecular weight is 571 g/mol. The zero-order chi connectivity index (χ0) is 27.9. The molecule has 3 aromatic rings. The molecule has 1 aliphatic rings. The minimum absolute atomic E-state index is 0.0288. The Balaban J connectivity index is 0.000000505. The highest BCUT2D eigenvalue weighted by Crippen LogP contribution is 2.34. The van der Waals surface area contributed by atoms with Gasteiger partial charge in [-0.05, 0) is 12.1 Å². The summed E-state index contributed by atoms with van der Waals surface area (Å²) in [5.41, 5.74) is 2.86. The molecule has 0 saturated carbocycles. The Kier molecular flexibility index (Phi) is 9.33. The molecule has 14 heteroatoms. The van der Waals surface area contributed by atoms with Gasteiger partial charge < -0.3 is 14.9 Å². The number of carboxylic acid groups (broad SMARTS) is 1. The number of nitrogens with zero attached hydrogens (tertiary/aromatic N) is 3. The maximum atomic E-state index is 12.3. The van der Waals surface area contributed by atoms with E-state index in [0.29, 0.717) is 0 Å². The molecule has 0 unspecified atom stereocenters. The SMILES string of the molecule is CS(=O)(=O)NC(=O)Cc1sc(N2CCN(c3ccccc3)CC2)nc1-c1ccccc1.O=C(O)C(F)(F)F. The number of piperazine rings is 1. The first kappa shape index (κ1) is 28.9. The molecule has 0 atom stereocenters. The van der Waals surface area contributed by atoms with Gasteiger partial charge in [-0.3, -0.25) is 9.52 Å². The summed E-state index contributed by atoms with van der Waals surface area (Å²) in [6.45, 7) is 3.42. The Morgan fingerprint density at radius 1 is 0.974 bits per heavy atom. The number of alkyl halides is 3. The molecular weight excluding hydrogens is 545 g/mol. The first-order valence-electron chi connectivity index (χ1n) is 11.2. The molecule has 1 amide bonds. The second-order valence-electron chi connectivity index (χ2n) is 8.22. The molecule has 0 spiro atoms. The van der Waals surface area contributed by atoms with Crippen LogP contribution in [0, 0.1) is 0 Å². The topological polar surface area (TPSA) is 120 Å². The van der Waals surface area contributed by atoms with Crippen LogP contribution in [0.15, 0.2) is 60.7 Å². The molecule has 2 heterocycles. The van der Waals surface area contributed by atoms with Gasteiger partial charge in [0.15, 0.2) is 5.13 Å². The fourth-order valence-corrected chi connectivity index (χ4v) is 5.22. The Labute approximate surface area is 221 Å². The summed E-state index contributed by atoms with van der Waals surface area (Å²) in [7, 11) is -3.60. The van der Waals surface area contributed by atoms with Crippen molar-refractivity contribution in [3.63, 3.8) is 0 Å². The lowest BCUT2D eigenvalue weighted by molar-refractivity contribution is -0.192. The standard InChI is InChI=1S/C22H24N4O3S2.C2HF3O2/c1-31(28,29)24-20(27)16-19-21(17-8-4-2-5-9-17)23-22(30-19)26-14-12-25(13-15-26)18-10-6-3-7-11-18;3-2(4,5)1(6)7/h2-11H,12-16H2,1H3,(H,24,27);(H,6,7). The minimum Gasteiger partial charge on any atom is -0.475 e. The Hall–Kier alpha value is -3.65. The van der Waals surface area contributed by atoms with Crippen LogP contribution >= 0.6 is 11.3 Å². The number of amides is 1. The van der Waals surface area contributed by atoms with Crippen molar-refractivity contribution >= 4 is 44.1 Å². The molecule has 9 nitrogen and oxygen atoms in total. The normalized spacial score (nSPS) is 13.9. The van der Waals surface area contributed by atoms with E-state index in [4.69, 9.17) is 14.9 Å². The van der Waals surface area contributed by atoms with E-state index in [1.165, 1.54) is 17.0 Å². The second kappa shape index (κ2) is 12.3. The molecule has 1 fully saturated rings. The van der Waals surface area contributed by atoms with E-state index in [1.54, 1.807) is 0 Å². The van der Waals surface area contributed by atoms with Crippen molar-refractivity contribution in [3.8, 4) is 11.3 Å². The highest BCUT2D eigenvalue weighted by atomic mass is 32.2. The molecule has 0 aliphatic carbocycles. The van der Waals surface area contributed by atoms with Gasteiger partial charge in [-0.15, -0.1) is 11.3 Å². The van der Waals surface area contributed by atoms with Crippen molar-refractivity contribution in [1.82, 2.24) is 9.71 Å². The van der Waals surface area contributed by atoms with E-state index < -0.39 is 28.1 Å². The third-order valence-electron chi connectivity index (χ3n) is 5.27. The number of carboxylic acids is 1. The third kappa shape index (κ3) is 8.45. The summed E-state index contributed by atoms with van der Waals surface area (Å²) in [6.07, 6.45) is -4.13. The van der Waals surface area contributed by atoms with E-state index in [0.717, 1.165) is 53.7 Å². The lowest BCUT2D eigenvalue weighted by Gasteiger charge is -2.36. The van der Waals surface area contributed by atoms with Gasteiger partial charge in [0, 0.05) is 42.3 Å². The molecular formula is C24H25F3N4O5S2. The molecule has 2 aromatic carbocycles. The molecule has 38 heavy (non-hydrogen) atoms. The summed E-state index contributed by atoms with van der Waals surface area (Å²) in [5, 5.41) is 7.98. The number of rotatable bonds is 6. The largest absolute Gasteiger partial charge is 0.490 e. The smallest absolute Gasteiger partial charge is 0.475 e. The van der Waals surface area contributed by atoms with E-state index >= 15 is 0 Å². The predicted molar refractivity (Wildman–Crippen MR) is 139 cm³/mol. The van der Waals surface area contributed by atoms with Crippen molar-refractivity contribution in [3.05, 3.63) is 65.5 Å². The van der Waals surface area contributed by atoms with Gasteiger partial charge in [-0.25, -0.2) is 18.2 Å². The number of anilines is 2. The van der Waals surface area contributed by atoms with Crippen molar-refractivity contribution in [2.24, 2.45) is 0 Å².